The third-order valence-corrected chi connectivity index (χ3v) is 4.71. The first-order chi connectivity index (χ1) is 12.2. The Bertz CT molecular complexity index is 556. The van der Waals surface area contributed by atoms with Crippen LogP contribution < -0.4 is 15.5 Å². The highest BCUT2D eigenvalue weighted by Crippen LogP contribution is 2.18. The summed E-state index contributed by atoms with van der Waals surface area (Å²) in [5.74, 6) is 1.01. The van der Waals surface area contributed by atoms with Crippen LogP contribution in [0.1, 0.15) is 25.3 Å². The van der Waals surface area contributed by atoms with Gasteiger partial charge < -0.3 is 20.3 Å². The van der Waals surface area contributed by atoms with E-state index in [0.29, 0.717) is 6.54 Å². The molecule has 7 nitrogen and oxygen atoms in total. The number of amides is 2. The zero-order chi connectivity index (χ0) is 17.5. The Labute approximate surface area is 149 Å². The molecule has 1 atom stereocenters. The van der Waals surface area contributed by atoms with Crippen LogP contribution in [0.5, 0.6) is 0 Å². The summed E-state index contributed by atoms with van der Waals surface area (Å²) in [6, 6.07) is 4.01. The standard InChI is InChI=1S/C18H29N5O2/c1-15(14-22-8-10-25-11-9-22)21-18(24)20-13-16-4-5-19-17(12-16)23-6-2-3-7-23/h4-5,12,15H,2-3,6-11,13-14H2,1H3,(H2,20,21,24)/t15-/m0/s1. The Kier molecular flexibility index (Phi) is 6.47. The van der Waals surface area contributed by atoms with Gasteiger partial charge in [0, 0.05) is 51.5 Å². The van der Waals surface area contributed by atoms with E-state index < -0.39 is 0 Å². The fraction of sp³-hybridized carbons (Fsp3) is 0.667. The predicted molar refractivity (Wildman–Crippen MR) is 97.8 cm³/mol. The number of aromatic nitrogens is 1. The van der Waals surface area contributed by atoms with E-state index in [-0.39, 0.29) is 12.1 Å². The zero-order valence-corrected chi connectivity index (χ0v) is 15.0. The van der Waals surface area contributed by atoms with Crippen molar-refractivity contribution in [2.24, 2.45) is 0 Å². The molecule has 0 aromatic carbocycles. The number of anilines is 1. The number of pyridine rings is 1. The maximum atomic E-state index is 12.1. The molecule has 2 fully saturated rings. The number of rotatable bonds is 6. The van der Waals surface area contributed by atoms with E-state index in [9.17, 15) is 4.79 Å². The molecule has 0 spiro atoms. The van der Waals surface area contributed by atoms with Gasteiger partial charge in [-0.25, -0.2) is 9.78 Å². The number of carbonyl (C=O) groups excluding carboxylic acids is 1. The van der Waals surface area contributed by atoms with Crippen molar-refractivity contribution in [2.45, 2.75) is 32.4 Å². The average molecular weight is 347 g/mol. The van der Waals surface area contributed by atoms with E-state index in [1.165, 1.54) is 12.8 Å². The molecule has 25 heavy (non-hydrogen) atoms. The lowest BCUT2D eigenvalue weighted by molar-refractivity contribution is 0.0349. The highest BCUT2D eigenvalue weighted by Gasteiger charge is 2.16. The van der Waals surface area contributed by atoms with Gasteiger partial charge in [-0.1, -0.05) is 0 Å². The zero-order valence-electron chi connectivity index (χ0n) is 15.0. The van der Waals surface area contributed by atoms with Crippen molar-refractivity contribution in [1.82, 2.24) is 20.5 Å². The van der Waals surface area contributed by atoms with Crippen molar-refractivity contribution in [3.8, 4) is 0 Å². The van der Waals surface area contributed by atoms with Gasteiger partial charge in [0.1, 0.15) is 5.82 Å². The molecule has 0 bridgehead atoms. The fourth-order valence-electron chi connectivity index (χ4n) is 3.36. The van der Waals surface area contributed by atoms with Crippen molar-refractivity contribution in [2.75, 3.05) is 50.8 Å². The smallest absolute Gasteiger partial charge is 0.315 e. The van der Waals surface area contributed by atoms with Crippen LogP contribution in [0.4, 0.5) is 10.6 Å². The summed E-state index contributed by atoms with van der Waals surface area (Å²) in [7, 11) is 0. The second kappa shape index (κ2) is 9.01. The van der Waals surface area contributed by atoms with Gasteiger partial charge in [-0.15, -0.1) is 0 Å². The van der Waals surface area contributed by atoms with Crippen LogP contribution in [-0.2, 0) is 11.3 Å². The Morgan fingerprint density at radius 1 is 1.28 bits per heavy atom. The Hall–Kier alpha value is -1.86. The number of morpholine rings is 1. The van der Waals surface area contributed by atoms with Gasteiger partial charge in [0.15, 0.2) is 0 Å². The number of hydrogen-bond acceptors (Lipinski definition) is 5. The molecule has 3 rings (SSSR count). The molecular formula is C18H29N5O2. The van der Waals surface area contributed by atoms with E-state index >= 15 is 0 Å². The molecule has 1 aromatic heterocycles. The van der Waals surface area contributed by atoms with Crippen molar-refractivity contribution in [3.63, 3.8) is 0 Å². The number of ether oxygens (including phenoxy) is 1. The van der Waals surface area contributed by atoms with Crippen molar-refractivity contribution in [1.29, 1.82) is 0 Å². The SMILES string of the molecule is C[C@@H](CN1CCOCC1)NC(=O)NCc1ccnc(N2CCCC2)c1. The summed E-state index contributed by atoms with van der Waals surface area (Å²) in [5, 5.41) is 5.95. The minimum atomic E-state index is -0.125. The molecule has 138 valence electrons. The van der Waals surface area contributed by atoms with Gasteiger partial charge in [0.05, 0.1) is 13.2 Å². The average Bonchev–Trinajstić information content (AvgIpc) is 3.16. The number of hydrogen-bond donors (Lipinski definition) is 2. The Morgan fingerprint density at radius 3 is 2.80 bits per heavy atom. The van der Waals surface area contributed by atoms with Gasteiger partial charge in [-0.2, -0.15) is 0 Å². The molecule has 0 radical (unpaired) electrons. The van der Waals surface area contributed by atoms with E-state index in [0.717, 1.165) is 57.3 Å². The van der Waals surface area contributed by atoms with E-state index in [1.807, 2.05) is 19.2 Å². The number of nitrogens with zero attached hydrogens (tertiary/aromatic N) is 3. The second-order valence-corrected chi connectivity index (χ2v) is 6.86. The Balaban J connectivity index is 1.41. The first-order valence-corrected chi connectivity index (χ1v) is 9.25. The summed E-state index contributed by atoms with van der Waals surface area (Å²) in [6.07, 6.45) is 4.28. The topological polar surface area (TPSA) is 69.7 Å². The molecule has 7 heteroatoms. The van der Waals surface area contributed by atoms with Crippen LogP contribution in [0, 0.1) is 0 Å². The second-order valence-electron chi connectivity index (χ2n) is 6.86. The molecular weight excluding hydrogens is 318 g/mol. The van der Waals surface area contributed by atoms with Crippen LogP contribution in [-0.4, -0.2) is 67.9 Å². The van der Waals surface area contributed by atoms with Crippen molar-refractivity contribution in [3.05, 3.63) is 23.9 Å². The summed E-state index contributed by atoms with van der Waals surface area (Å²) in [6.45, 7) is 8.97. The molecule has 0 unspecified atom stereocenters. The molecule has 2 saturated heterocycles. The van der Waals surface area contributed by atoms with Gasteiger partial charge >= 0.3 is 6.03 Å². The number of urea groups is 1. The Morgan fingerprint density at radius 2 is 2.04 bits per heavy atom. The molecule has 0 aliphatic carbocycles. The first kappa shape index (κ1) is 17.9. The van der Waals surface area contributed by atoms with Crippen LogP contribution in [0.25, 0.3) is 0 Å². The van der Waals surface area contributed by atoms with Crippen LogP contribution in [0.3, 0.4) is 0 Å². The van der Waals surface area contributed by atoms with E-state index in [1.54, 1.807) is 0 Å². The summed E-state index contributed by atoms with van der Waals surface area (Å²) >= 11 is 0. The predicted octanol–water partition coefficient (Wildman–Crippen LogP) is 1.20. The largest absolute Gasteiger partial charge is 0.379 e. The number of carbonyl (C=O) groups is 1. The normalized spacial score (nSPS) is 19.6. The summed E-state index contributed by atoms with van der Waals surface area (Å²) < 4.78 is 5.35. The molecule has 3 heterocycles. The number of nitrogens with one attached hydrogen (secondary N) is 2. The molecule has 1 aromatic rings. The lowest BCUT2D eigenvalue weighted by Crippen LogP contribution is -2.48. The fourth-order valence-corrected chi connectivity index (χ4v) is 3.36. The van der Waals surface area contributed by atoms with Gasteiger partial charge in [0.2, 0.25) is 0 Å². The molecule has 2 amide bonds. The van der Waals surface area contributed by atoms with E-state index in [2.05, 4.69) is 31.5 Å². The molecule has 2 N–H and O–H groups in total. The highest BCUT2D eigenvalue weighted by molar-refractivity contribution is 5.74. The minimum Gasteiger partial charge on any atom is -0.379 e. The summed E-state index contributed by atoms with van der Waals surface area (Å²) in [5.41, 5.74) is 1.08. The van der Waals surface area contributed by atoms with Gasteiger partial charge in [-0.05, 0) is 37.5 Å². The van der Waals surface area contributed by atoms with Crippen LogP contribution in [0.15, 0.2) is 18.3 Å². The minimum absolute atomic E-state index is 0.107. The quantitative estimate of drug-likeness (QED) is 0.809. The highest BCUT2D eigenvalue weighted by atomic mass is 16.5. The lowest BCUT2D eigenvalue weighted by atomic mass is 10.2. The van der Waals surface area contributed by atoms with Crippen molar-refractivity contribution >= 4 is 11.8 Å². The third kappa shape index (κ3) is 5.57. The third-order valence-electron chi connectivity index (χ3n) is 4.71. The van der Waals surface area contributed by atoms with Crippen LogP contribution in [0.2, 0.25) is 0 Å². The maximum Gasteiger partial charge on any atom is 0.315 e. The lowest BCUT2D eigenvalue weighted by Gasteiger charge is -2.29. The molecule has 0 saturated carbocycles. The summed E-state index contributed by atoms with van der Waals surface area (Å²) in [4.78, 5) is 21.2. The van der Waals surface area contributed by atoms with Gasteiger partial charge in [0.25, 0.3) is 0 Å². The van der Waals surface area contributed by atoms with Gasteiger partial charge in [-0.3, -0.25) is 4.90 Å². The van der Waals surface area contributed by atoms with Crippen molar-refractivity contribution < 1.29 is 9.53 Å². The molecule has 2 aliphatic heterocycles. The monoisotopic (exact) mass is 347 g/mol. The molecule has 2 aliphatic rings. The van der Waals surface area contributed by atoms with E-state index in [4.69, 9.17) is 4.74 Å². The first-order valence-electron chi connectivity index (χ1n) is 9.25. The maximum absolute atomic E-state index is 12.1. The van der Waals surface area contributed by atoms with Crippen LogP contribution >= 0.6 is 0 Å².